The molecule has 35 heavy (non-hydrogen) atoms. The Labute approximate surface area is 202 Å². The van der Waals surface area contributed by atoms with Gasteiger partial charge in [0.2, 0.25) is 0 Å². The number of anilines is 1. The molecule has 0 radical (unpaired) electrons. The van der Waals surface area contributed by atoms with Gasteiger partial charge in [-0.3, -0.25) is 14.9 Å². The van der Waals surface area contributed by atoms with E-state index in [-0.39, 0.29) is 11.3 Å². The zero-order chi connectivity index (χ0) is 24.4. The van der Waals surface area contributed by atoms with Crippen molar-refractivity contribution >= 4 is 40.5 Å². The fraction of sp³-hybridized carbons (Fsp3) is 0.107. The summed E-state index contributed by atoms with van der Waals surface area (Å²) < 4.78 is 7.68. The molecule has 0 spiro atoms. The summed E-state index contributed by atoms with van der Waals surface area (Å²) in [7, 11) is 0. The quantitative estimate of drug-likeness (QED) is 0.329. The SMILES string of the molecule is CCOc1ccccc1N1C(=O)NC(=O)/C(=C\c2cn(Cc3ccccc3)c3ccccc23)C1=O. The zero-order valence-corrected chi connectivity index (χ0v) is 19.1. The van der Waals surface area contributed by atoms with E-state index in [4.69, 9.17) is 4.74 Å². The normalized spacial score (nSPS) is 15.1. The van der Waals surface area contributed by atoms with E-state index in [1.807, 2.05) is 67.7 Å². The molecule has 1 fully saturated rings. The summed E-state index contributed by atoms with van der Waals surface area (Å²) in [5.41, 5.74) is 2.97. The van der Waals surface area contributed by atoms with Gasteiger partial charge in [0, 0.05) is 29.2 Å². The monoisotopic (exact) mass is 465 g/mol. The van der Waals surface area contributed by atoms with Gasteiger partial charge in [-0.1, -0.05) is 60.7 Å². The Kier molecular flexibility index (Phi) is 5.89. The second-order valence-corrected chi connectivity index (χ2v) is 8.07. The first-order valence-electron chi connectivity index (χ1n) is 11.3. The molecule has 0 atom stereocenters. The van der Waals surface area contributed by atoms with E-state index in [1.54, 1.807) is 30.3 Å². The Balaban J connectivity index is 1.57. The lowest BCUT2D eigenvalue weighted by Crippen LogP contribution is -2.54. The van der Waals surface area contributed by atoms with Crippen LogP contribution < -0.4 is 15.0 Å². The highest BCUT2D eigenvalue weighted by molar-refractivity contribution is 6.39. The number of benzene rings is 3. The number of barbiturate groups is 1. The van der Waals surface area contributed by atoms with Crippen molar-refractivity contribution in [2.75, 3.05) is 11.5 Å². The molecule has 0 unspecified atom stereocenters. The average molecular weight is 466 g/mol. The number of hydrogen-bond donors (Lipinski definition) is 1. The van der Waals surface area contributed by atoms with Crippen molar-refractivity contribution in [3.05, 3.63) is 102 Å². The van der Waals surface area contributed by atoms with Gasteiger partial charge in [0.15, 0.2) is 0 Å². The summed E-state index contributed by atoms with van der Waals surface area (Å²) in [6, 6.07) is 23.8. The highest BCUT2D eigenvalue weighted by atomic mass is 16.5. The van der Waals surface area contributed by atoms with Gasteiger partial charge in [0.25, 0.3) is 11.8 Å². The third-order valence-corrected chi connectivity index (χ3v) is 5.82. The number of carbonyl (C=O) groups excluding carboxylic acids is 3. The van der Waals surface area contributed by atoms with Gasteiger partial charge >= 0.3 is 6.03 Å². The highest BCUT2D eigenvalue weighted by Crippen LogP contribution is 2.32. The molecule has 7 nitrogen and oxygen atoms in total. The molecular weight excluding hydrogens is 442 g/mol. The van der Waals surface area contributed by atoms with E-state index < -0.39 is 17.8 Å². The third kappa shape index (κ3) is 4.19. The summed E-state index contributed by atoms with van der Waals surface area (Å²) >= 11 is 0. The standard InChI is InChI=1S/C28H23N3O4/c1-2-35-25-15-9-8-14-24(25)31-27(33)22(26(32)29-28(31)34)16-20-18-30(17-19-10-4-3-5-11-19)23-13-7-6-12-21(20)23/h3-16,18H,2,17H2,1H3,(H,29,32,34)/b22-16+. The molecule has 1 N–H and O–H groups in total. The molecule has 0 saturated carbocycles. The van der Waals surface area contributed by atoms with Crippen LogP contribution in [-0.2, 0) is 16.1 Å². The van der Waals surface area contributed by atoms with Gasteiger partial charge in [0.1, 0.15) is 11.3 Å². The number of aromatic nitrogens is 1. The van der Waals surface area contributed by atoms with Gasteiger partial charge in [-0.05, 0) is 36.8 Å². The van der Waals surface area contributed by atoms with Gasteiger partial charge in [-0.15, -0.1) is 0 Å². The fourth-order valence-electron chi connectivity index (χ4n) is 4.25. The molecule has 0 aliphatic carbocycles. The number of nitrogens with one attached hydrogen (secondary N) is 1. The van der Waals surface area contributed by atoms with Crippen molar-refractivity contribution in [2.24, 2.45) is 0 Å². The number of para-hydroxylation sites is 3. The van der Waals surface area contributed by atoms with E-state index in [0.717, 1.165) is 21.4 Å². The minimum Gasteiger partial charge on any atom is -0.492 e. The maximum atomic E-state index is 13.5. The molecule has 1 aliphatic heterocycles. The van der Waals surface area contributed by atoms with Crippen LogP contribution in [0.2, 0.25) is 0 Å². The number of amides is 4. The molecule has 1 aromatic heterocycles. The average Bonchev–Trinajstić information content (AvgIpc) is 3.20. The van der Waals surface area contributed by atoms with E-state index in [1.165, 1.54) is 0 Å². The van der Waals surface area contributed by atoms with Crippen molar-refractivity contribution in [2.45, 2.75) is 13.5 Å². The number of fused-ring (bicyclic) bond motifs is 1. The molecule has 5 rings (SSSR count). The molecule has 3 aromatic carbocycles. The van der Waals surface area contributed by atoms with E-state index in [0.29, 0.717) is 24.5 Å². The number of carbonyl (C=O) groups is 3. The van der Waals surface area contributed by atoms with E-state index in [9.17, 15) is 14.4 Å². The third-order valence-electron chi connectivity index (χ3n) is 5.82. The van der Waals surface area contributed by atoms with Gasteiger partial charge < -0.3 is 9.30 Å². The summed E-state index contributed by atoms with van der Waals surface area (Å²) in [5.74, 6) is -1.05. The molecule has 7 heteroatoms. The van der Waals surface area contributed by atoms with E-state index in [2.05, 4.69) is 9.88 Å². The fourth-order valence-corrected chi connectivity index (χ4v) is 4.25. The number of ether oxygens (including phenoxy) is 1. The lowest BCUT2D eigenvalue weighted by Gasteiger charge is -2.27. The van der Waals surface area contributed by atoms with Crippen LogP contribution in [0.25, 0.3) is 17.0 Å². The lowest BCUT2D eigenvalue weighted by atomic mass is 10.1. The number of hydrogen-bond acceptors (Lipinski definition) is 4. The lowest BCUT2D eigenvalue weighted by molar-refractivity contribution is -0.122. The second kappa shape index (κ2) is 9.30. The van der Waals surface area contributed by atoms with E-state index >= 15 is 0 Å². The Hall–Kier alpha value is -4.65. The maximum Gasteiger partial charge on any atom is 0.336 e. The Morgan fingerprint density at radius 3 is 2.40 bits per heavy atom. The second-order valence-electron chi connectivity index (χ2n) is 8.07. The zero-order valence-electron chi connectivity index (χ0n) is 19.1. The smallest absolute Gasteiger partial charge is 0.336 e. The predicted octanol–water partition coefficient (Wildman–Crippen LogP) is 4.75. The van der Waals surface area contributed by atoms with Crippen molar-refractivity contribution in [1.82, 2.24) is 9.88 Å². The molecule has 1 saturated heterocycles. The number of urea groups is 1. The largest absolute Gasteiger partial charge is 0.492 e. The van der Waals surface area contributed by atoms with Gasteiger partial charge in [0.05, 0.1) is 12.3 Å². The Morgan fingerprint density at radius 1 is 0.886 bits per heavy atom. The molecular formula is C28H23N3O4. The van der Waals surface area contributed by atoms with Crippen LogP contribution in [0, 0.1) is 0 Å². The Morgan fingerprint density at radius 2 is 1.60 bits per heavy atom. The molecule has 2 heterocycles. The molecule has 1 aliphatic rings. The van der Waals surface area contributed by atoms with Crippen molar-refractivity contribution < 1.29 is 19.1 Å². The van der Waals surface area contributed by atoms with Crippen LogP contribution in [0.5, 0.6) is 5.75 Å². The van der Waals surface area contributed by atoms with Crippen molar-refractivity contribution in [1.29, 1.82) is 0 Å². The summed E-state index contributed by atoms with van der Waals surface area (Å²) in [6.07, 6.45) is 3.46. The minimum atomic E-state index is -0.809. The van der Waals surface area contributed by atoms with Crippen LogP contribution in [0.3, 0.4) is 0 Å². The van der Waals surface area contributed by atoms with Crippen LogP contribution in [-0.4, -0.2) is 29.0 Å². The van der Waals surface area contributed by atoms with Crippen LogP contribution in [0.4, 0.5) is 10.5 Å². The summed E-state index contributed by atoms with van der Waals surface area (Å²) in [5, 5.41) is 3.19. The molecule has 174 valence electrons. The minimum absolute atomic E-state index is 0.126. The molecule has 0 bridgehead atoms. The number of nitrogens with zero attached hydrogens (tertiary/aromatic N) is 2. The first-order chi connectivity index (χ1) is 17.1. The van der Waals surface area contributed by atoms with Crippen LogP contribution in [0.15, 0.2) is 90.6 Å². The van der Waals surface area contributed by atoms with Crippen LogP contribution in [0.1, 0.15) is 18.1 Å². The maximum absolute atomic E-state index is 13.5. The van der Waals surface area contributed by atoms with Crippen LogP contribution >= 0.6 is 0 Å². The first-order valence-corrected chi connectivity index (χ1v) is 11.3. The molecule has 4 amide bonds. The first kappa shape index (κ1) is 22.2. The predicted molar refractivity (Wildman–Crippen MR) is 134 cm³/mol. The van der Waals surface area contributed by atoms with Crippen molar-refractivity contribution in [3.63, 3.8) is 0 Å². The van der Waals surface area contributed by atoms with Gasteiger partial charge in [-0.25, -0.2) is 9.69 Å². The Bertz CT molecular complexity index is 1470. The molecule has 4 aromatic rings. The number of rotatable bonds is 6. The van der Waals surface area contributed by atoms with Crippen molar-refractivity contribution in [3.8, 4) is 5.75 Å². The topological polar surface area (TPSA) is 80.6 Å². The highest BCUT2D eigenvalue weighted by Gasteiger charge is 2.38. The number of imide groups is 2. The summed E-state index contributed by atoms with van der Waals surface area (Å²) in [4.78, 5) is 39.8. The van der Waals surface area contributed by atoms with Gasteiger partial charge in [-0.2, -0.15) is 0 Å². The summed E-state index contributed by atoms with van der Waals surface area (Å²) in [6.45, 7) is 2.81.